The molecule has 1 amide bonds. The van der Waals surface area contributed by atoms with Crippen LogP contribution >= 0.6 is 11.3 Å². The second-order valence-electron chi connectivity index (χ2n) is 6.42. The molecule has 27 heavy (non-hydrogen) atoms. The SMILES string of the molecule is CCOC(=O)c1c(NC(=O)/C(C#N)=C\c2ccco2)sc2c1CCC(C)C2. The molecule has 0 radical (unpaired) electrons. The van der Waals surface area contributed by atoms with Gasteiger partial charge in [0.2, 0.25) is 0 Å². The van der Waals surface area contributed by atoms with E-state index in [0.717, 1.165) is 29.7 Å². The largest absolute Gasteiger partial charge is 0.465 e. The number of nitrogens with zero attached hydrogens (tertiary/aromatic N) is 1. The van der Waals surface area contributed by atoms with Gasteiger partial charge in [0.15, 0.2) is 0 Å². The Morgan fingerprint density at radius 2 is 2.33 bits per heavy atom. The van der Waals surface area contributed by atoms with Crippen molar-refractivity contribution in [2.45, 2.75) is 33.1 Å². The van der Waals surface area contributed by atoms with Crippen molar-refractivity contribution in [2.24, 2.45) is 5.92 Å². The van der Waals surface area contributed by atoms with E-state index in [1.807, 2.05) is 6.07 Å². The molecular weight excluding hydrogens is 364 g/mol. The minimum atomic E-state index is -0.578. The summed E-state index contributed by atoms with van der Waals surface area (Å²) in [7, 11) is 0. The smallest absolute Gasteiger partial charge is 0.341 e. The van der Waals surface area contributed by atoms with Gasteiger partial charge in [-0.05, 0) is 49.8 Å². The molecule has 0 saturated carbocycles. The van der Waals surface area contributed by atoms with Crippen molar-refractivity contribution < 1.29 is 18.7 Å². The molecule has 0 fully saturated rings. The van der Waals surface area contributed by atoms with E-state index < -0.39 is 11.9 Å². The van der Waals surface area contributed by atoms with Crippen LogP contribution in [0.1, 0.15) is 46.8 Å². The van der Waals surface area contributed by atoms with Gasteiger partial charge in [0.25, 0.3) is 5.91 Å². The minimum absolute atomic E-state index is 0.0977. The molecule has 0 aliphatic heterocycles. The van der Waals surface area contributed by atoms with Crippen molar-refractivity contribution in [3.05, 3.63) is 45.7 Å². The van der Waals surface area contributed by atoms with Crippen LogP contribution < -0.4 is 5.32 Å². The van der Waals surface area contributed by atoms with Gasteiger partial charge in [0.1, 0.15) is 22.4 Å². The molecule has 140 valence electrons. The Bertz CT molecular complexity index is 919. The standard InChI is InChI=1S/C20H20N2O4S/c1-3-25-20(24)17-15-7-6-12(2)9-16(15)27-19(17)22-18(23)13(11-21)10-14-5-4-8-26-14/h4-5,8,10,12H,3,6-7,9H2,1-2H3,(H,22,23)/b13-10-. The van der Waals surface area contributed by atoms with Crippen LogP contribution in [0.25, 0.3) is 6.08 Å². The fraction of sp³-hybridized carbons (Fsp3) is 0.350. The van der Waals surface area contributed by atoms with E-state index in [-0.39, 0.29) is 12.2 Å². The summed E-state index contributed by atoms with van der Waals surface area (Å²) < 4.78 is 10.4. The van der Waals surface area contributed by atoms with Crippen LogP contribution in [0.4, 0.5) is 5.00 Å². The molecular formula is C20H20N2O4S. The number of amides is 1. The summed E-state index contributed by atoms with van der Waals surface area (Å²) in [6, 6.07) is 5.21. The molecule has 6 nitrogen and oxygen atoms in total. The number of furan rings is 1. The summed E-state index contributed by atoms with van der Waals surface area (Å²) in [5, 5.41) is 12.5. The van der Waals surface area contributed by atoms with E-state index in [2.05, 4.69) is 12.2 Å². The number of esters is 1. The van der Waals surface area contributed by atoms with E-state index in [4.69, 9.17) is 9.15 Å². The van der Waals surface area contributed by atoms with Crippen LogP contribution in [0.5, 0.6) is 0 Å². The number of anilines is 1. The zero-order valence-electron chi connectivity index (χ0n) is 15.2. The van der Waals surface area contributed by atoms with Crippen LogP contribution in [0, 0.1) is 17.2 Å². The summed E-state index contributed by atoms with van der Waals surface area (Å²) in [5.41, 5.74) is 1.28. The lowest BCUT2D eigenvalue weighted by atomic mass is 9.88. The minimum Gasteiger partial charge on any atom is -0.465 e. The number of hydrogen-bond donors (Lipinski definition) is 1. The Kier molecular flexibility index (Phi) is 5.77. The van der Waals surface area contributed by atoms with E-state index in [0.29, 0.717) is 22.2 Å². The number of ether oxygens (including phenoxy) is 1. The zero-order chi connectivity index (χ0) is 19.4. The third-order valence-corrected chi connectivity index (χ3v) is 5.58. The Morgan fingerprint density at radius 3 is 3.00 bits per heavy atom. The molecule has 0 spiro atoms. The first-order chi connectivity index (χ1) is 13.0. The average molecular weight is 384 g/mol. The van der Waals surface area contributed by atoms with Gasteiger partial charge in [0, 0.05) is 11.0 Å². The van der Waals surface area contributed by atoms with Crippen molar-refractivity contribution in [3.8, 4) is 6.07 Å². The van der Waals surface area contributed by atoms with Gasteiger partial charge in [-0.1, -0.05) is 6.92 Å². The molecule has 2 aromatic heterocycles. The highest BCUT2D eigenvalue weighted by Gasteiger charge is 2.29. The van der Waals surface area contributed by atoms with Crippen molar-refractivity contribution in [3.63, 3.8) is 0 Å². The highest BCUT2D eigenvalue weighted by atomic mass is 32.1. The predicted octanol–water partition coefficient (Wildman–Crippen LogP) is 4.19. The zero-order valence-corrected chi connectivity index (χ0v) is 16.0. The summed E-state index contributed by atoms with van der Waals surface area (Å²) in [5.74, 6) is -0.0747. The average Bonchev–Trinajstić information content (AvgIpc) is 3.26. The maximum Gasteiger partial charge on any atom is 0.341 e. The fourth-order valence-electron chi connectivity index (χ4n) is 3.09. The molecule has 0 saturated heterocycles. The van der Waals surface area contributed by atoms with E-state index in [1.54, 1.807) is 19.1 Å². The molecule has 1 N–H and O–H groups in total. The first-order valence-corrected chi connectivity index (χ1v) is 9.63. The molecule has 1 atom stereocenters. The highest BCUT2D eigenvalue weighted by molar-refractivity contribution is 7.17. The number of carbonyl (C=O) groups is 2. The van der Waals surface area contributed by atoms with E-state index in [1.165, 1.54) is 23.7 Å². The topological polar surface area (TPSA) is 92.3 Å². The van der Waals surface area contributed by atoms with Gasteiger partial charge in [-0.15, -0.1) is 11.3 Å². The Balaban J connectivity index is 1.92. The van der Waals surface area contributed by atoms with Crippen LogP contribution in [-0.2, 0) is 22.4 Å². The van der Waals surface area contributed by atoms with Crippen LogP contribution in [-0.4, -0.2) is 18.5 Å². The molecule has 1 unspecified atom stereocenters. The second-order valence-corrected chi connectivity index (χ2v) is 7.52. The molecule has 1 aliphatic rings. The predicted molar refractivity (Wildman–Crippen MR) is 102 cm³/mol. The Morgan fingerprint density at radius 1 is 1.52 bits per heavy atom. The number of nitrogens with one attached hydrogen (secondary N) is 1. The number of carbonyl (C=O) groups excluding carboxylic acids is 2. The lowest BCUT2D eigenvalue weighted by molar-refractivity contribution is -0.112. The van der Waals surface area contributed by atoms with Gasteiger partial charge in [-0.2, -0.15) is 5.26 Å². The van der Waals surface area contributed by atoms with Crippen molar-refractivity contribution in [1.29, 1.82) is 5.26 Å². The summed E-state index contributed by atoms with van der Waals surface area (Å²) in [6.07, 6.45) is 5.48. The van der Waals surface area contributed by atoms with E-state index in [9.17, 15) is 14.9 Å². The summed E-state index contributed by atoms with van der Waals surface area (Å²) >= 11 is 1.39. The van der Waals surface area contributed by atoms with Gasteiger partial charge in [-0.25, -0.2) is 4.79 Å². The number of fused-ring (bicyclic) bond motifs is 1. The van der Waals surface area contributed by atoms with E-state index >= 15 is 0 Å². The Labute approximate surface area is 161 Å². The third-order valence-electron chi connectivity index (χ3n) is 4.41. The summed E-state index contributed by atoms with van der Waals surface area (Å²) in [4.78, 5) is 26.2. The first kappa shape index (κ1) is 18.9. The van der Waals surface area contributed by atoms with Crippen LogP contribution in [0.15, 0.2) is 28.4 Å². The second kappa shape index (κ2) is 8.23. The summed E-state index contributed by atoms with van der Waals surface area (Å²) in [6.45, 7) is 4.18. The quantitative estimate of drug-likeness (QED) is 0.474. The molecule has 3 rings (SSSR count). The van der Waals surface area contributed by atoms with Crippen LogP contribution in [0.3, 0.4) is 0 Å². The molecule has 2 heterocycles. The number of hydrogen-bond acceptors (Lipinski definition) is 6. The van der Waals surface area contributed by atoms with Gasteiger partial charge < -0.3 is 14.5 Å². The molecule has 2 aromatic rings. The molecule has 0 bridgehead atoms. The van der Waals surface area contributed by atoms with Crippen molar-refractivity contribution in [1.82, 2.24) is 0 Å². The van der Waals surface area contributed by atoms with Gasteiger partial charge >= 0.3 is 5.97 Å². The highest BCUT2D eigenvalue weighted by Crippen LogP contribution is 2.40. The maximum absolute atomic E-state index is 12.6. The number of nitriles is 1. The van der Waals surface area contributed by atoms with Crippen LogP contribution in [0.2, 0.25) is 0 Å². The lowest BCUT2D eigenvalue weighted by Crippen LogP contribution is -2.17. The molecule has 7 heteroatoms. The maximum atomic E-state index is 12.6. The first-order valence-electron chi connectivity index (χ1n) is 8.81. The van der Waals surface area contributed by atoms with Gasteiger partial charge in [-0.3, -0.25) is 4.79 Å². The molecule has 1 aliphatic carbocycles. The number of rotatable bonds is 5. The fourth-order valence-corrected chi connectivity index (χ4v) is 4.49. The third kappa shape index (κ3) is 4.12. The van der Waals surface area contributed by atoms with Crippen molar-refractivity contribution in [2.75, 3.05) is 11.9 Å². The Hall–Kier alpha value is -2.85. The normalized spacial score (nSPS) is 16.3. The lowest BCUT2D eigenvalue weighted by Gasteiger charge is -2.18. The van der Waals surface area contributed by atoms with Gasteiger partial charge in [0.05, 0.1) is 18.4 Å². The molecule has 0 aromatic carbocycles. The monoisotopic (exact) mass is 384 g/mol. The van der Waals surface area contributed by atoms with Crippen molar-refractivity contribution >= 4 is 34.3 Å². The number of thiophene rings is 1.